The van der Waals surface area contributed by atoms with E-state index < -0.39 is 0 Å². The van der Waals surface area contributed by atoms with E-state index in [0.717, 1.165) is 5.52 Å². The molecule has 0 atom stereocenters. The van der Waals surface area contributed by atoms with Crippen LogP contribution in [0.2, 0.25) is 0 Å². The first-order valence-corrected chi connectivity index (χ1v) is 2.45. The molecule has 0 bridgehead atoms. The van der Waals surface area contributed by atoms with Gasteiger partial charge in [-0.15, -0.1) is 10.2 Å². The Kier molecular flexibility index (Phi) is 2.10. The number of H-pyrrole nitrogens is 1. The van der Waals surface area contributed by atoms with Crippen LogP contribution in [-0.2, 0) is 22.4 Å². The molecule has 0 aromatic carbocycles. The number of nitrogens with zero attached hydrogens (tertiary/aromatic N) is 4. The van der Waals surface area contributed by atoms with Crippen LogP contribution in [0.3, 0.4) is 0 Å². The summed E-state index contributed by atoms with van der Waals surface area (Å²) in [6.07, 6.45) is 1.57. The molecule has 6 heteroatoms. The van der Waals surface area contributed by atoms with E-state index in [0.29, 0.717) is 5.65 Å². The molecule has 5 nitrogen and oxygen atoms in total. The smallest absolute Gasteiger partial charge is 0.195 e. The Hall–Kier alpha value is -0.780. The fraction of sp³-hybridized carbons (Fsp3) is 0. The maximum Gasteiger partial charge on any atom is 0.223 e. The molecular weight excluding hydrogens is 226 g/mol. The third-order valence-corrected chi connectivity index (χ3v) is 1.01. The van der Waals surface area contributed by atoms with Crippen molar-refractivity contribution in [3.05, 3.63) is 12.3 Å². The number of nitrogens with one attached hydrogen (secondary N) is 1. The first-order valence-electron chi connectivity index (χ1n) is 2.45. The van der Waals surface area contributed by atoms with Gasteiger partial charge in [0.2, 0.25) is 5.65 Å². The molecule has 0 aliphatic heterocycles. The summed E-state index contributed by atoms with van der Waals surface area (Å²) in [5.41, 5.74) is 1.29. The van der Waals surface area contributed by atoms with Crippen molar-refractivity contribution in [3.63, 3.8) is 0 Å². The predicted octanol–water partition coefficient (Wildman–Crippen LogP) is -0.255. The minimum absolute atomic E-state index is 0. The van der Waals surface area contributed by atoms with Crippen LogP contribution in [-0.4, -0.2) is 25.6 Å². The van der Waals surface area contributed by atoms with E-state index in [1.54, 1.807) is 12.3 Å². The van der Waals surface area contributed by atoms with Crippen LogP contribution in [0, 0.1) is 0 Å². The largest absolute Gasteiger partial charge is 0.223 e. The van der Waals surface area contributed by atoms with E-state index in [1.165, 1.54) is 0 Å². The Bertz CT molecular complexity index is 288. The van der Waals surface area contributed by atoms with E-state index in [1.807, 2.05) is 0 Å². The van der Waals surface area contributed by atoms with Crippen molar-refractivity contribution < 1.29 is 22.4 Å². The number of aromatic amines is 1. The molecule has 0 fully saturated rings. The fourth-order valence-corrected chi connectivity index (χ4v) is 0.611. The van der Waals surface area contributed by atoms with Gasteiger partial charge in [-0.05, 0) is 6.07 Å². The Morgan fingerprint density at radius 1 is 1.30 bits per heavy atom. The molecule has 0 spiro atoms. The fourth-order valence-electron chi connectivity index (χ4n) is 0.611. The van der Waals surface area contributed by atoms with Gasteiger partial charge in [-0.3, -0.25) is 0 Å². The number of hydrogen-bond donors (Lipinski definition) is 1. The Morgan fingerprint density at radius 2 is 2.20 bits per heavy atom. The van der Waals surface area contributed by atoms with Crippen LogP contribution in [0.1, 0.15) is 0 Å². The average molecular weight is 229 g/mol. The van der Waals surface area contributed by atoms with Gasteiger partial charge in [-0.2, -0.15) is 15.4 Å². The summed E-state index contributed by atoms with van der Waals surface area (Å²) in [6.45, 7) is 0. The van der Waals surface area contributed by atoms with Crippen molar-refractivity contribution in [2.75, 3.05) is 0 Å². The molecule has 2 rings (SSSR count). The molecule has 0 aliphatic rings. The van der Waals surface area contributed by atoms with Crippen LogP contribution >= 0.6 is 0 Å². The van der Waals surface area contributed by atoms with Crippen molar-refractivity contribution in [3.8, 4) is 0 Å². The quantitative estimate of drug-likeness (QED) is 0.632. The molecule has 0 saturated heterocycles. The summed E-state index contributed by atoms with van der Waals surface area (Å²) in [4.78, 5) is 0. The van der Waals surface area contributed by atoms with Gasteiger partial charge in [0.05, 0.1) is 6.20 Å². The molecule has 2 aromatic heterocycles. The van der Waals surface area contributed by atoms with Gasteiger partial charge in [0.15, 0.2) is 0 Å². The maximum atomic E-state index is 3.78. The molecule has 0 saturated carbocycles. The second-order valence-electron chi connectivity index (χ2n) is 1.56. The molecular formula is C4H3AgN5. The summed E-state index contributed by atoms with van der Waals surface area (Å²) in [5, 5.41) is 17.2. The number of fused-ring (bicyclic) bond motifs is 1. The molecule has 0 unspecified atom stereocenters. The normalized spacial score (nSPS) is 9.20. The van der Waals surface area contributed by atoms with E-state index >= 15 is 0 Å². The minimum atomic E-state index is 0. The number of aromatic nitrogens is 5. The van der Waals surface area contributed by atoms with Crippen LogP contribution in [0.15, 0.2) is 12.3 Å². The van der Waals surface area contributed by atoms with E-state index in [9.17, 15) is 0 Å². The molecule has 2 heterocycles. The monoisotopic (exact) mass is 228 g/mol. The zero-order valence-electron chi connectivity index (χ0n) is 4.75. The standard InChI is InChI=1S/C4H3N5.Ag/c1-2-5-7-4-3(1)6-9-8-4;/h1-2H,(H,6,7,8,9);. The third-order valence-electron chi connectivity index (χ3n) is 1.01. The van der Waals surface area contributed by atoms with Crippen LogP contribution < -0.4 is 0 Å². The summed E-state index contributed by atoms with van der Waals surface area (Å²) < 4.78 is 0. The molecule has 2 aromatic rings. The Labute approximate surface area is 71.7 Å². The summed E-state index contributed by atoms with van der Waals surface area (Å²) in [6, 6.07) is 1.74. The van der Waals surface area contributed by atoms with Gasteiger partial charge in [-0.25, -0.2) is 0 Å². The third kappa shape index (κ3) is 1.06. The zero-order valence-corrected chi connectivity index (χ0v) is 6.23. The molecule has 10 heavy (non-hydrogen) atoms. The maximum absolute atomic E-state index is 3.78. The van der Waals surface area contributed by atoms with Gasteiger partial charge in [0.1, 0.15) is 5.52 Å². The topological polar surface area (TPSA) is 67.3 Å². The zero-order chi connectivity index (χ0) is 6.10. The van der Waals surface area contributed by atoms with Gasteiger partial charge in [0.25, 0.3) is 0 Å². The molecule has 1 N–H and O–H groups in total. The van der Waals surface area contributed by atoms with Gasteiger partial charge < -0.3 is 0 Å². The number of hydrogen-bond acceptors (Lipinski definition) is 4. The molecule has 55 valence electrons. The van der Waals surface area contributed by atoms with Gasteiger partial charge >= 0.3 is 0 Å². The summed E-state index contributed by atoms with van der Waals surface area (Å²) in [5.74, 6) is 0. The van der Waals surface area contributed by atoms with Gasteiger partial charge in [0, 0.05) is 22.4 Å². The van der Waals surface area contributed by atoms with Crippen molar-refractivity contribution >= 4 is 11.2 Å². The summed E-state index contributed by atoms with van der Waals surface area (Å²) in [7, 11) is 0. The van der Waals surface area contributed by atoms with E-state index in [2.05, 4.69) is 25.6 Å². The number of rotatable bonds is 0. The molecule has 0 aliphatic carbocycles. The van der Waals surface area contributed by atoms with E-state index in [4.69, 9.17) is 0 Å². The SMILES string of the molecule is [Ag].c1cc2n[nH]nc2nn1. The average Bonchev–Trinajstić information content (AvgIpc) is 2.33. The molecule has 1 radical (unpaired) electrons. The second-order valence-corrected chi connectivity index (χ2v) is 1.56. The van der Waals surface area contributed by atoms with Gasteiger partial charge in [-0.1, -0.05) is 0 Å². The van der Waals surface area contributed by atoms with Crippen molar-refractivity contribution in [2.24, 2.45) is 0 Å². The minimum Gasteiger partial charge on any atom is -0.195 e. The van der Waals surface area contributed by atoms with Crippen molar-refractivity contribution in [1.82, 2.24) is 25.6 Å². The van der Waals surface area contributed by atoms with E-state index in [-0.39, 0.29) is 22.4 Å². The Balaban J connectivity index is 0.000000500. The van der Waals surface area contributed by atoms with Crippen molar-refractivity contribution in [2.45, 2.75) is 0 Å². The molecule has 0 amide bonds. The predicted molar refractivity (Wildman–Crippen MR) is 29.5 cm³/mol. The summed E-state index contributed by atoms with van der Waals surface area (Å²) >= 11 is 0. The first kappa shape index (κ1) is 7.33. The van der Waals surface area contributed by atoms with Crippen molar-refractivity contribution in [1.29, 1.82) is 0 Å². The van der Waals surface area contributed by atoms with Crippen LogP contribution in [0.5, 0.6) is 0 Å². The van der Waals surface area contributed by atoms with Crippen LogP contribution in [0.25, 0.3) is 11.2 Å². The first-order chi connectivity index (χ1) is 4.47. The van der Waals surface area contributed by atoms with Crippen LogP contribution in [0.4, 0.5) is 0 Å². The Morgan fingerprint density at radius 3 is 3.00 bits per heavy atom. The second kappa shape index (κ2) is 2.87.